The number of nitrogens with zero attached hydrogens (tertiary/aromatic N) is 1. The summed E-state index contributed by atoms with van der Waals surface area (Å²) in [6, 6.07) is 3.03. The molecule has 0 aliphatic carbocycles. The van der Waals surface area contributed by atoms with Gasteiger partial charge in [-0.15, -0.1) is 0 Å². The fourth-order valence-electron chi connectivity index (χ4n) is 3.29. The molecular formula is C17H23F2NO. The van der Waals surface area contributed by atoms with Crippen LogP contribution in [0.25, 0.3) is 0 Å². The van der Waals surface area contributed by atoms with Gasteiger partial charge in [0.05, 0.1) is 6.61 Å². The summed E-state index contributed by atoms with van der Waals surface area (Å²) in [7, 11) is 0. The molecule has 0 saturated carbocycles. The number of alkyl halides is 1. The van der Waals surface area contributed by atoms with E-state index in [0.717, 1.165) is 30.8 Å². The lowest BCUT2D eigenvalue weighted by atomic mass is 9.84. The Hall–Kier alpha value is -1.16. The lowest BCUT2D eigenvalue weighted by Crippen LogP contribution is -2.36. The van der Waals surface area contributed by atoms with E-state index in [1.807, 2.05) is 0 Å². The van der Waals surface area contributed by atoms with Gasteiger partial charge < -0.3 is 4.74 Å². The molecule has 0 amide bonds. The molecule has 0 spiro atoms. The molecule has 2 aliphatic heterocycles. The molecule has 1 aromatic rings. The lowest BCUT2D eigenvalue weighted by Gasteiger charge is -2.33. The molecule has 0 N–H and O–H groups in total. The van der Waals surface area contributed by atoms with Gasteiger partial charge in [0, 0.05) is 18.5 Å². The van der Waals surface area contributed by atoms with Crippen LogP contribution in [0, 0.1) is 11.7 Å². The molecule has 21 heavy (non-hydrogen) atoms. The maximum atomic E-state index is 14.2. The number of halogens is 2. The van der Waals surface area contributed by atoms with Gasteiger partial charge in [-0.2, -0.15) is 0 Å². The quantitative estimate of drug-likeness (QED) is 0.842. The normalized spacial score (nSPS) is 23.0. The lowest BCUT2D eigenvalue weighted by molar-refractivity contribution is 0.0686. The fraction of sp³-hybridized carbons (Fsp3) is 0.647. The van der Waals surface area contributed by atoms with Crippen LogP contribution in [0.5, 0.6) is 5.75 Å². The third-order valence-corrected chi connectivity index (χ3v) is 4.72. The van der Waals surface area contributed by atoms with Crippen molar-refractivity contribution in [1.82, 2.24) is 4.90 Å². The summed E-state index contributed by atoms with van der Waals surface area (Å²) in [6.45, 7) is 6.37. The molecule has 116 valence electrons. The Labute approximate surface area is 125 Å². The van der Waals surface area contributed by atoms with Gasteiger partial charge in [-0.05, 0) is 63.4 Å². The minimum Gasteiger partial charge on any atom is -0.493 e. The number of benzene rings is 1. The van der Waals surface area contributed by atoms with Crippen LogP contribution < -0.4 is 4.74 Å². The van der Waals surface area contributed by atoms with Crippen LogP contribution in [-0.4, -0.2) is 30.3 Å². The van der Waals surface area contributed by atoms with Crippen LogP contribution >= 0.6 is 0 Å². The van der Waals surface area contributed by atoms with Crippen molar-refractivity contribution in [2.75, 3.05) is 19.7 Å². The summed E-state index contributed by atoms with van der Waals surface area (Å²) in [6.07, 6.45) is 3.03. The molecule has 1 aromatic carbocycles. The van der Waals surface area contributed by atoms with E-state index in [0.29, 0.717) is 18.8 Å². The Kier molecular flexibility index (Phi) is 3.91. The Balaban J connectivity index is 1.88. The van der Waals surface area contributed by atoms with Crippen molar-refractivity contribution in [2.45, 2.75) is 45.3 Å². The molecule has 1 atom stereocenters. The average Bonchev–Trinajstić information content (AvgIpc) is 2.90. The van der Waals surface area contributed by atoms with Gasteiger partial charge in [0.1, 0.15) is 17.2 Å². The second-order valence-corrected chi connectivity index (χ2v) is 6.80. The summed E-state index contributed by atoms with van der Waals surface area (Å²) in [5.41, 5.74) is 0.669. The summed E-state index contributed by atoms with van der Waals surface area (Å²) >= 11 is 0. The van der Waals surface area contributed by atoms with E-state index < -0.39 is 5.67 Å². The zero-order chi connectivity index (χ0) is 15.0. The highest BCUT2D eigenvalue weighted by Gasteiger charge is 2.35. The van der Waals surface area contributed by atoms with Crippen molar-refractivity contribution in [1.29, 1.82) is 0 Å². The number of hydrogen-bond acceptors (Lipinski definition) is 2. The maximum Gasteiger partial charge on any atom is 0.127 e. The Bertz CT molecular complexity index is 518. The smallest absolute Gasteiger partial charge is 0.127 e. The van der Waals surface area contributed by atoms with Crippen molar-refractivity contribution in [3.8, 4) is 5.75 Å². The maximum absolute atomic E-state index is 14.2. The third-order valence-electron chi connectivity index (χ3n) is 4.72. The van der Waals surface area contributed by atoms with Crippen molar-refractivity contribution in [3.63, 3.8) is 0 Å². The predicted octanol–water partition coefficient (Wildman–Crippen LogP) is 3.72. The number of fused-ring (bicyclic) bond motifs is 1. The van der Waals surface area contributed by atoms with Crippen molar-refractivity contribution < 1.29 is 13.5 Å². The number of rotatable bonds is 3. The largest absolute Gasteiger partial charge is 0.493 e. The molecule has 0 bridgehead atoms. The highest BCUT2D eigenvalue weighted by molar-refractivity contribution is 5.43. The number of likely N-dealkylation sites (tertiary alicyclic amines) is 1. The first-order valence-electron chi connectivity index (χ1n) is 7.79. The van der Waals surface area contributed by atoms with Crippen LogP contribution in [0.2, 0.25) is 0 Å². The first kappa shape index (κ1) is 14.8. The predicted molar refractivity (Wildman–Crippen MR) is 78.8 cm³/mol. The molecule has 0 radical (unpaired) electrons. The Morgan fingerprint density at radius 3 is 2.67 bits per heavy atom. The molecule has 1 unspecified atom stereocenters. The second kappa shape index (κ2) is 5.56. The minimum absolute atomic E-state index is 0.173. The Morgan fingerprint density at radius 1 is 1.29 bits per heavy atom. The van der Waals surface area contributed by atoms with Crippen LogP contribution in [0.3, 0.4) is 0 Å². The summed E-state index contributed by atoms with van der Waals surface area (Å²) in [4.78, 5) is 2.33. The molecule has 3 rings (SSSR count). The van der Waals surface area contributed by atoms with E-state index in [9.17, 15) is 8.78 Å². The third kappa shape index (κ3) is 3.20. The second-order valence-electron chi connectivity index (χ2n) is 6.80. The molecular weight excluding hydrogens is 272 g/mol. The topological polar surface area (TPSA) is 12.5 Å². The van der Waals surface area contributed by atoms with E-state index in [-0.39, 0.29) is 11.7 Å². The summed E-state index contributed by atoms with van der Waals surface area (Å²) in [5.74, 6) is 0.165. The molecule has 4 heteroatoms. The van der Waals surface area contributed by atoms with E-state index in [1.165, 1.54) is 18.9 Å². The first-order valence-corrected chi connectivity index (χ1v) is 7.79. The molecule has 2 nitrogen and oxygen atoms in total. The summed E-state index contributed by atoms with van der Waals surface area (Å²) < 4.78 is 33.7. The minimum atomic E-state index is -1.28. The van der Waals surface area contributed by atoms with Gasteiger partial charge in [-0.1, -0.05) is 0 Å². The monoisotopic (exact) mass is 295 g/mol. The van der Waals surface area contributed by atoms with E-state index in [4.69, 9.17) is 4.74 Å². The van der Waals surface area contributed by atoms with Crippen molar-refractivity contribution in [2.24, 2.45) is 5.92 Å². The average molecular weight is 295 g/mol. The van der Waals surface area contributed by atoms with Gasteiger partial charge in [0.2, 0.25) is 0 Å². The zero-order valence-corrected chi connectivity index (χ0v) is 12.8. The standard InChI is InChI=1S/C17H23F2NO/c1-17(2,19)13-8-15-12(10-20-5-3-4-6-20)7-14(18)9-16(15)21-11-13/h7,9,13H,3-6,8,10-11H2,1-2H3. The molecule has 0 aromatic heterocycles. The molecule has 1 saturated heterocycles. The van der Waals surface area contributed by atoms with E-state index in [2.05, 4.69) is 4.90 Å². The first-order chi connectivity index (χ1) is 9.93. The number of ether oxygens (including phenoxy) is 1. The van der Waals surface area contributed by atoms with E-state index >= 15 is 0 Å². The van der Waals surface area contributed by atoms with E-state index in [1.54, 1.807) is 19.9 Å². The highest BCUT2D eigenvalue weighted by Crippen LogP contribution is 2.37. The molecule has 2 heterocycles. The fourth-order valence-corrected chi connectivity index (χ4v) is 3.29. The van der Waals surface area contributed by atoms with Gasteiger partial charge in [0.15, 0.2) is 0 Å². The van der Waals surface area contributed by atoms with Gasteiger partial charge >= 0.3 is 0 Å². The molecule has 1 fully saturated rings. The van der Waals surface area contributed by atoms with Crippen LogP contribution in [0.15, 0.2) is 12.1 Å². The van der Waals surface area contributed by atoms with Crippen LogP contribution in [0.1, 0.15) is 37.8 Å². The van der Waals surface area contributed by atoms with Crippen LogP contribution in [-0.2, 0) is 13.0 Å². The highest BCUT2D eigenvalue weighted by atomic mass is 19.1. The van der Waals surface area contributed by atoms with Crippen molar-refractivity contribution >= 4 is 0 Å². The summed E-state index contributed by atoms with van der Waals surface area (Å²) in [5, 5.41) is 0. The van der Waals surface area contributed by atoms with Gasteiger partial charge in [-0.3, -0.25) is 4.90 Å². The van der Waals surface area contributed by atoms with Crippen LogP contribution in [0.4, 0.5) is 8.78 Å². The van der Waals surface area contributed by atoms with Gasteiger partial charge in [0.25, 0.3) is 0 Å². The zero-order valence-electron chi connectivity index (χ0n) is 12.8. The van der Waals surface area contributed by atoms with Gasteiger partial charge in [-0.25, -0.2) is 8.78 Å². The SMILES string of the molecule is CC(C)(F)C1COc2cc(F)cc(CN3CCCC3)c2C1. The number of hydrogen-bond donors (Lipinski definition) is 0. The van der Waals surface area contributed by atoms with Crippen molar-refractivity contribution in [3.05, 3.63) is 29.1 Å². The Morgan fingerprint density at radius 2 is 2.00 bits per heavy atom. The molecule has 2 aliphatic rings.